The minimum atomic E-state index is 0.136. The van der Waals surface area contributed by atoms with E-state index < -0.39 is 0 Å². The number of ketones is 1. The molecule has 0 saturated heterocycles. The third kappa shape index (κ3) is 1.63. The Bertz CT molecular complexity index is 1120. The maximum atomic E-state index is 12.9. The van der Waals surface area contributed by atoms with Gasteiger partial charge >= 0.3 is 0 Å². The molecule has 0 radical (unpaired) electrons. The van der Waals surface area contributed by atoms with E-state index in [1.165, 1.54) is 5.56 Å². The fourth-order valence-corrected chi connectivity index (χ4v) is 3.82. The van der Waals surface area contributed by atoms with Crippen molar-refractivity contribution in [2.45, 2.75) is 0 Å². The molecule has 2 heteroatoms. The molecular formula is C22H15NO. The SMILES string of the molecule is Cn1c2c(c3cc(-c4ccccc4)ccc31)C(=O)c1ccccc1-2. The number of benzene rings is 3. The first kappa shape index (κ1) is 13.3. The molecule has 0 aliphatic heterocycles. The molecule has 0 unspecified atom stereocenters. The summed E-state index contributed by atoms with van der Waals surface area (Å²) in [5, 5.41) is 1.04. The number of fused-ring (bicyclic) bond motifs is 5. The number of carbonyl (C=O) groups excluding carboxylic acids is 1. The van der Waals surface area contributed by atoms with Crippen molar-refractivity contribution >= 4 is 16.7 Å². The van der Waals surface area contributed by atoms with Crippen molar-refractivity contribution in [3.8, 4) is 22.4 Å². The Hall–Kier alpha value is -3.13. The Morgan fingerprint density at radius 1 is 0.750 bits per heavy atom. The Morgan fingerprint density at radius 2 is 1.46 bits per heavy atom. The van der Waals surface area contributed by atoms with Crippen molar-refractivity contribution in [1.29, 1.82) is 0 Å². The van der Waals surface area contributed by atoms with Gasteiger partial charge in [0.25, 0.3) is 0 Å². The molecule has 0 bridgehead atoms. The van der Waals surface area contributed by atoms with Crippen molar-refractivity contribution in [2.24, 2.45) is 7.05 Å². The lowest BCUT2D eigenvalue weighted by Crippen LogP contribution is -1.95. The van der Waals surface area contributed by atoms with Gasteiger partial charge < -0.3 is 4.57 Å². The van der Waals surface area contributed by atoms with Crippen molar-refractivity contribution < 1.29 is 4.79 Å². The normalized spacial score (nSPS) is 12.5. The van der Waals surface area contributed by atoms with Crippen LogP contribution in [0, 0.1) is 0 Å². The molecule has 4 aromatic rings. The van der Waals surface area contributed by atoms with Crippen LogP contribution in [-0.2, 0) is 7.05 Å². The van der Waals surface area contributed by atoms with Crippen molar-refractivity contribution in [3.63, 3.8) is 0 Å². The molecule has 114 valence electrons. The quantitative estimate of drug-likeness (QED) is 0.424. The first-order valence-corrected chi connectivity index (χ1v) is 8.07. The standard InChI is InChI=1S/C22H15NO/c1-23-19-12-11-15(14-7-3-2-4-8-14)13-18(19)20-21(23)16-9-5-6-10-17(16)22(20)24/h2-13H,1H3. The molecule has 1 aromatic heterocycles. The van der Waals surface area contributed by atoms with Crippen LogP contribution in [0.4, 0.5) is 0 Å². The Morgan fingerprint density at radius 3 is 2.25 bits per heavy atom. The highest BCUT2D eigenvalue weighted by molar-refractivity contribution is 6.27. The third-order valence-corrected chi connectivity index (χ3v) is 4.96. The zero-order valence-electron chi connectivity index (χ0n) is 13.3. The summed E-state index contributed by atoms with van der Waals surface area (Å²) < 4.78 is 2.14. The number of aryl methyl sites for hydroxylation is 1. The first-order chi connectivity index (χ1) is 11.8. The van der Waals surface area contributed by atoms with Crippen LogP contribution in [0.3, 0.4) is 0 Å². The van der Waals surface area contributed by atoms with Gasteiger partial charge in [-0.25, -0.2) is 0 Å². The second-order valence-corrected chi connectivity index (χ2v) is 6.26. The van der Waals surface area contributed by atoms with Gasteiger partial charge in [-0.3, -0.25) is 4.79 Å². The predicted molar refractivity (Wildman–Crippen MR) is 97.2 cm³/mol. The molecule has 0 atom stereocenters. The fraction of sp³-hybridized carbons (Fsp3) is 0.0455. The number of rotatable bonds is 1. The highest BCUT2D eigenvalue weighted by atomic mass is 16.1. The summed E-state index contributed by atoms with van der Waals surface area (Å²) in [4.78, 5) is 12.9. The van der Waals surface area contributed by atoms with E-state index in [1.54, 1.807) is 0 Å². The van der Waals surface area contributed by atoms with E-state index in [-0.39, 0.29) is 5.78 Å². The van der Waals surface area contributed by atoms with Gasteiger partial charge in [0, 0.05) is 29.1 Å². The number of nitrogens with zero attached hydrogens (tertiary/aromatic N) is 1. The highest BCUT2D eigenvalue weighted by Gasteiger charge is 2.32. The average molecular weight is 309 g/mol. The summed E-state index contributed by atoms with van der Waals surface area (Å²) in [5.74, 6) is 0.136. The van der Waals surface area contributed by atoms with Gasteiger partial charge in [0.1, 0.15) is 0 Å². The van der Waals surface area contributed by atoms with Crippen LogP contribution in [0.2, 0.25) is 0 Å². The van der Waals surface area contributed by atoms with Crippen molar-refractivity contribution in [2.75, 3.05) is 0 Å². The van der Waals surface area contributed by atoms with Crippen LogP contribution in [0.25, 0.3) is 33.3 Å². The van der Waals surface area contributed by atoms with E-state index in [0.29, 0.717) is 0 Å². The second-order valence-electron chi connectivity index (χ2n) is 6.26. The van der Waals surface area contributed by atoms with Gasteiger partial charge in [-0.05, 0) is 23.3 Å². The predicted octanol–water partition coefficient (Wildman–Crippen LogP) is 5.06. The van der Waals surface area contributed by atoms with Crippen molar-refractivity contribution in [1.82, 2.24) is 4.57 Å². The van der Waals surface area contributed by atoms with Crippen LogP contribution in [0.15, 0.2) is 72.8 Å². The summed E-state index contributed by atoms with van der Waals surface area (Å²) in [5.41, 5.74) is 7.13. The monoisotopic (exact) mass is 309 g/mol. The topological polar surface area (TPSA) is 22.0 Å². The third-order valence-electron chi connectivity index (χ3n) is 4.96. The minimum Gasteiger partial charge on any atom is -0.343 e. The first-order valence-electron chi connectivity index (χ1n) is 8.07. The van der Waals surface area contributed by atoms with Gasteiger partial charge in [0.2, 0.25) is 0 Å². The van der Waals surface area contributed by atoms with E-state index in [0.717, 1.165) is 38.9 Å². The molecule has 24 heavy (non-hydrogen) atoms. The fourth-order valence-electron chi connectivity index (χ4n) is 3.82. The molecule has 0 spiro atoms. The number of hydrogen-bond donors (Lipinski definition) is 0. The maximum Gasteiger partial charge on any atom is 0.196 e. The maximum absolute atomic E-state index is 12.9. The molecule has 2 nitrogen and oxygen atoms in total. The lowest BCUT2D eigenvalue weighted by molar-refractivity contribution is 0.104. The Kier molecular flexibility index (Phi) is 2.60. The van der Waals surface area contributed by atoms with E-state index in [2.05, 4.69) is 34.9 Å². The summed E-state index contributed by atoms with van der Waals surface area (Å²) in [7, 11) is 2.04. The summed E-state index contributed by atoms with van der Waals surface area (Å²) in [6.07, 6.45) is 0. The van der Waals surface area contributed by atoms with Crippen molar-refractivity contribution in [3.05, 3.63) is 83.9 Å². The molecule has 3 aromatic carbocycles. The largest absolute Gasteiger partial charge is 0.343 e. The molecule has 1 heterocycles. The van der Waals surface area contributed by atoms with E-state index in [1.807, 2.05) is 49.5 Å². The molecule has 1 aliphatic rings. The molecule has 0 N–H and O–H groups in total. The highest BCUT2D eigenvalue weighted by Crippen LogP contribution is 2.42. The molecule has 5 rings (SSSR count). The zero-order valence-corrected chi connectivity index (χ0v) is 13.3. The molecule has 1 aliphatic carbocycles. The van der Waals surface area contributed by atoms with Crippen LogP contribution in [0.1, 0.15) is 15.9 Å². The molecule has 0 fully saturated rings. The molecule has 0 amide bonds. The number of carbonyl (C=O) groups is 1. The summed E-state index contributed by atoms with van der Waals surface area (Å²) in [6, 6.07) is 24.6. The minimum absolute atomic E-state index is 0.136. The van der Waals surface area contributed by atoms with Crippen LogP contribution in [-0.4, -0.2) is 10.4 Å². The van der Waals surface area contributed by atoms with E-state index >= 15 is 0 Å². The molecular weight excluding hydrogens is 294 g/mol. The smallest absolute Gasteiger partial charge is 0.196 e. The van der Waals surface area contributed by atoms with Crippen LogP contribution < -0.4 is 0 Å². The van der Waals surface area contributed by atoms with E-state index in [9.17, 15) is 4.79 Å². The Labute approximate surface area is 140 Å². The lowest BCUT2D eigenvalue weighted by Gasteiger charge is -2.06. The average Bonchev–Trinajstić information content (AvgIpc) is 3.10. The second kappa shape index (κ2) is 4.68. The summed E-state index contributed by atoms with van der Waals surface area (Å²) in [6.45, 7) is 0. The molecule has 0 saturated carbocycles. The summed E-state index contributed by atoms with van der Waals surface area (Å²) >= 11 is 0. The van der Waals surface area contributed by atoms with Gasteiger partial charge in [0.15, 0.2) is 5.78 Å². The number of hydrogen-bond acceptors (Lipinski definition) is 1. The van der Waals surface area contributed by atoms with Gasteiger partial charge in [-0.1, -0.05) is 60.7 Å². The zero-order chi connectivity index (χ0) is 16.3. The van der Waals surface area contributed by atoms with Crippen LogP contribution in [0.5, 0.6) is 0 Å². The van der Waals surface area contributed by atoms with Gasteiger partial charge in [-0.15, -0.1) is 0 Å². The van der Waals surface area contributed by atoms with Crippen LogP contribution >= 0.6 is 0 Å². The van der Waals surface area contributed by atoms with Gasteiger partial charge in [-0.2, -0.15) is 0 Å². The van der Waals surface area contributed by atoms with Gasteiger partial charge in [0.05, 0.1) is 11.3 Å². The lowest BCUT2D eigenvalue weighted by atomic mass is 10.0. The Balaban J connectivity index is 1.84. The number of aromatic nitrogens is 1. The van der Waals surface area contributed by atoms with E-state index in [4.69, 9.17) is 0 Å².